The zero-order valence-electron chi connectivity index (χ0n) is 20.2. The Morgan fingerprint density at radius 3 is 2.64 bits per heavy atom. The van der Waals surface area contributed by atoms with Crippen LogP contribution in [0.15, 0.2) is 60.8 Å². The first-order valence-electron chi connectivity index (χ1n) is 12.4. The summed E-state index contributed by atoms with van der Waals surface area (Å²) in [7, 11) is 1.74. The van der Waals surface area contributed by atoms with Crippen LogP contribution in [0.4, 0.5) is 19.0 Å². The molecule has 2 N–H and O–H groups in total. The summed E-state index contributed by atoms with van der Waals surface area (Å²) in [5.41, 5.74) is 0.378. The van der Waals surface area contributed by atoms with Crippen LogP contribution < -0.4 is 5.32 Å². The van der Waals surface area contributed by atoms with Crippen molar-refractivity contribution < 1.29 is 23.1 Å². The lowest BCUT2D eigenvalue weighted by atomic mass is 9.56. The van der Waals surface area contributed by atoms with E-state index in [1.54, 1.807) is 30.1 Å². The summed E-state index contributed by atoms with van der Waals surface area (Å²) in [5.74, 6) is -0.00267. The van der Waals surface area contributed by atoms with Gasteiger partial charge in [0.15, 0.2) is 5.60 Å². The Bertz CT molecular complexity index is 1260. The third-order valence-corrected chi connectivity index (χ3v) is 8.21. The molecule has 36 heavy (non-hydrogen) atoms. The average Bonchev–Trinajstić information content (AvgIpc) is 3.17. The zero-order chi connectivity index (χ0) is 25.6. The number of halogens is 3. The molecule has 190 valence electrons. The van der Waals surface area contributed by atoms with Gasteiger partial charge in [-0.3, -0.25) is 9.48 Å². The summed E-state index contributed by atoms with van der Waals surface area (Å²) in [5, 5.41) is 17.6. The van der Waals surface area contributed by atoms with Crippen molar-refractivity contribution in [1.82, 2.24) is 9.78 Å². The van der Waals surface area contributed by atoms with Crippen LogP contribution >= 0.6 is 0 Å². The number of rotatable bonds is 4. The highest BCUT2D eigenvalue weighted by molar-refractivity contribution is 6.04. The quantitative estimate of drug-likeness (QED) is 0.494. The number of benzene rings is 2. The summed E-state index contributed by atoms with van der Waals surface area (Å²) < 4.78 is 43.1. The molecule has 5 nitrogen and oxygen atoms in total. The van der Waals surface area contributed by atoms with Crippen LogP contribution in [-0.2, 0) is 25.3 Å². The summed E-state index contributed by atoms with van der Waals surface area (Å²) in [6.45, 7) is 0. The molecule has 1 heterocycles. The lowest BCUT2D eigenvalue weighted by Gasteiger charge is -2.50. The molecule has 3 atom stereocenters. The maximum Gasteiger partial charge on any atom is 0.417 e. The van der Waals surface area contributed by atoms with Crippen LogP contribution in [0, 0.1) is 5.92 Å². The number of nitrogens with one attached hydrogen (secondary N) is 1. The normalized spacial score (nSPS) is 26.0. The molecule has 1 saturated carbocycles. The SMILES string of the molecule is Cn1nccc1NC(=O)c1ccc2c(c1)CCC[C@H]1C[C@](O)(C(F)(F)F)CC[C@]21Cc1ccccc1. The molecular formula is C28H30F3N3O2. The van der Waals surface area contributed by atoms with E-state index in [0.29, 0.717) is 37.1 Å². The molecular weight excluding hydrogens is 467 g/mol. The first kappa shape index (κ1) is 24.6. The van der Waals surface area contributed by atoms with Crippen molar-refractivity contribution in [3.05, 3.63) is 83.0 Å². The second-order valence-corrected chi connectivity index (χ2v) is 10.3. The van der Waals surface area contributed by atoms with Gasteiger partial charge in [-0.05, 0) is 79.7 Å². The second-order valence-electron chi connectivity index (χ2n) is 10.3. The lowest BCUT2D eigenvalue weighted by molar-refractivity contribution is -0.279. The number of carbonyl (C=O) groups is 1. The Kier molecular flexibility index (Phi) is 6.19. The Hall–Kier alpha value is -3.13. The summed E-state index contributed by atoms with van der Waals surface area (Å²) in [6, 6.07) is 17.1. The van der Waals surface area contributed by atoms with Crippen molar-refractivity contribution in [2.24, 2.45) is 13.0 Å². The predicted molar refractivity (Wildman–Crippen MR) is 131 cm³/mol. The molecule has 2 aromatic carbocycles. The molecule has 2 aliphatic carbocycles. The minimum Gasteiger partial charge on any atom is -0.380 e. The van der Waals surface area contributed by atoms with Gasteiger partial charge in [-0.1, -0.05) is 36.4 Å². The Balaban J connectivity index is 1.54. The van der Waals surface area contributed by atoms with Crippen molar-refractivity contribution in [2.45, 2.75) is 62.1 Å². The van der Waals surface area contributed by atoms with E-state index in [9.17, 15) is 23.1 Å². The number of aliphatic hydroxyl groups is 1. The van der Waals surface area contributed by atoms with Crippen LogP contribution in [0.5, 0.6) is 0 Å². The van der Waals surface area contributed by atoms with Crippen LogP contribution in [0.1, 0.15) is 59.2 Å². The second kappa shape index (κ2) is 9.07. The first-order valence-corrected chi connectivity index (χ1v) is 12.4. The highest BCUT2D eigenvalue weighted by atomic mass is 19.4. The number of aryl methyl sites for hydroxylation is 2. The van der Waals surface area contributed by atoms with E-state index in [-0.39, 0.29) is 31.1 Å². The van der Waals surface area contributed by atoms with Gasteiger partial charge in [-0.2, -0.15) is 18.3 Å². The molecule has 0 aliphatic heterocycles. The van der Waals surface area contributed by atoms with Gasteiger partial charge < -0.3 is 10.4 Å². The number of fused-ring (bicyclic) bond motifs is 3. The standard InChI is InChI=1S/C28H30F3N3O2/c1-34-24(12-15-32-34)33-25(35)21-10-11-23-20(16-21)8-5-9-22-18-27(36,28(29,30)31)14-13-26(22,23)17-19-6-3-2-4-7-19/h2-4,6-7,10-12,15-16,22,36H,5,8-9,13-14,17-18H2,1H3,(H,33,35)/t22-,26+,27-/m0/s1. The molecule has 3 aromatic rings. The smallest absolute Gasteiger partial charge is 0.380 e. The Morgan fingerprint density at radius 1 is 1.17 bits per heavy atom. The summed E-state index contributed by atoms with van der Waals surface area (Å²) in [6.07, 6.45) is -0.880. The van der Waals surface area contributed by atoms with Crippen molar-refractivity contribution in [2.75, 3.05) is 5.32 Å². The topological polar surface area (TPSA) is 67.2 Å². The number of carbonyl (C=O) groups excluding carboxylic acids is 1. The van der Waals surface area contributed by atoms with E-state index in [2.05, 4.69) is 10.4 Å². The van der Waals surface area contributed by atoms with Gasteiger partial charge in [-0.25, -0.2) is 0 Å². The molecule has 0 unspecified atom stereocenters. The van der Waals surface area contributed by atoms with Crippen molar-refractivity contribution >= 4 is 11.7 Å². The number of hydrogen-bond donors (Lipinski definition) is 2. The van der Waals surface area contributed by atoms with Crippen molar-refractivity contribution in [3.63, 3.8) is 0 Å². The van der Waals surface area contributed by atoms with E-state index >= 15 is 0 Å². The Morgan fingerprint density at radius 2 is 1.94 bits per heavy atom. The summed E-state index contributed by atoms with van der Waals surface area (Å²) in [4.78, 5) is 13.0. The lowest BCUT2D eigenvalue weighted by Crippen LogP contribution is -2.55. The third kappa shape index (κ3) is 4.32. The fourth-order valence-electron chi connectivity index (χ4n) is 6.27. The van der Waals surface area contributed by atoms with E-state index in [1.807, 2.05) is 42.5 Å². The molecule has 0 bridgehead atoms. The molecule has 0 spiro atoms. The van der Waals surface area contributed by atoms with Crippen molar-refractivity contribution in [1.29, 1.82) is 0 Å². The summed E-state index contributed by atoms with van der Waals surface area (Å²) >= 11 is 0. The molecule has 1 fully saturated rings. The molecule has 8 heteroatoms. The van der Waals surface area contributed by atoms with Gasteiger partial charge >= 0.3 is 6.18 Å². The van der Waals surface area contributed by atoms with Gasteiger partial charge in [0, 0.05) is 24.1 Å². The number of anilines is 1. The first-order chi connectivity index (χ1) is 17.1. The number of hydrogen-bond acceptors (Lipinski definition) is 3. The molecule has 1 amide bonds. The average molecular weight is 498 g/mol. The highest BCUT2D eigenvalue weighted by Crippen LogP contribution is 2.56. The van der Waals surface area contributed by atoms with E-state index in [4.69, 9.17) is 0 Å². The monoisotopic (exact) mass is 497 g/mol. The predicted octanol–water partition coefficient (Wildman–Crippen LogP) is 5.58. The van der Waals surface area contributed by atoms with E-state index in [0.717, 1.165) is 16.7 Å². The fourth-order valence-corrected chi connectivity index (χ4v) is 6.27. The molecule has 0 saturated heterocycles. The van der Waals surface area contributed by atoms with Gasteiger partial charge in [-0.15, -0.1) is 0 Å². The maximum absolute atomic E-state index is 13.9. The molecule has 5 rings (SSSR count). The number of amides is 1. The number of alkyl halides is 3. The minimum absolute atomic E-state index is 0.232. The Labute approximate surface area is 208 Å². The minimum atomic E-state index is -4.66. The van der Waals surface area contributed by atoms with Crippen molar-refractivity contribution in [3.8, 4) is 0 Å². The fraction of sp³-hybridized carbons (Fsp3) is 0.429. The largest absolute Gasteiger partial charge is 0.417 e. The zero-order valence-corrected chi connectivity index (χ0v) is 20.2. The number of aromatic nitrogens is 2. The molecule has 1 aromatic heterocycles. The molecule has 0 radical (unpaired) electrons. The van der Waals surface area contributed by atoms with E-state index in [1.165, 1.54) is 0 Å². The highest BCUT2D eigenvalue weighted by Gasteiger charge is 2.60. The van der Waals surface area contributed by atoms with Gasteiger partial charge in [0.05, 0.1) is 6.20 Å². The van der Waals surface area contributed by atoms with Crippen LogP contribution in [-0.4, -0.2) is 32.6 Å². The molecule has 2 aliphatic rings. The van der Waals surface area contributed by atoms with Crippen LogP contribution in [0.25, 0.3) is 0 Å². The third-order valence-electron chi connectivity index (χ3n) is 8.21. The van der Waals surface area contributed by atoms with E-state index < -0.39 is 17.2 Å². The van der Waals surface area contributed by atoms with Crippen LogP contribution in [0.3, 0.4) is 0 Å². The van der Waals surface area contributed by atoms with Gasteiger partial charge in [0.2, 0.25) is 0 Å². The maximum atomic E-state index is 13.9. The van der Waals surface area contributed by atoms with Gasteiger partial charge in [0.25, 0.3) is 5.91 Å². The van der Waals surface area contributed by atoms with Crippen LogP contribution in [0.2, 0.25) is 0 Å². The number of nitrogens with zero attached hydrogens (tertiary/aromatic N) is 2. The van der Waals surface area contributed by atoms with Gasteiger partial charge in [0.1, 0.15) is 5.82 Å².